The van der Waals surface area contributed by atoms with E-state index in [2.05, 4.69) is 52.0 Å². The molecule has 0 aliphatic carbocycles. The molecule has 4 heteroatoms. The van der Waals surface area contributed by atoms with Crippen molar-refractivity contribution < 1.29 is 4.79 Å². The van der Waals surface area contributed by atoms with Crippen molar-refractivity contribution in [2.45, 2.75) is 18.4 Å². The van der Waals surface area contributed by atoms with Gasteiger partial charge in [0.05, 0.1) is 6.04 Å². The van der Waals surface area contributed by atoms with Crippen LogP contribution in [0.5, 0.6) is 0 Å². The number of carbonyl (C=O) groups is 1. The number of hydrogen-bond donors (Lipinski definition) is 1. The Bertz CT molecular complexity index is 777. The Kier molecular flexibility index (Phi) is 6.80. The van der Waals surface area contributed by atoms with Crippen LogP contribution in [0.15, 0.2) is 78.2 Å². The number of carbonyl (C=O) groups excluding carboxylic acids is 1. The largest absolute Gasteiger partial charge is 0.354 e. The Labute approximate surface area is 165 Å². The molecule has 0 saturated carbocycles. The van der Waals surface area contributed by atoms with Gasteiger partial charge in [0.25, 0.3) is 0 Å². The Morgan fingerprint density at radius 3 is 2.00 bits per heavy atom. The van der Waals surface area contributed by atoms with Crippen molar-refractivity contribution in [3.8, 4) is 0 Å². The Morgan fingerprint density at radius 2 is 1.52 bits per heavy atom. The fraction of sp³-hybridized carbons (Fsp3) is 0.261. The van der Waals surface area contributed by atoms with Crippen molar-refractivity contribution in [1.82, 2.24) is 10.2 Å². The highest BCUT2D eigenvalue weighted by molar-refractivity contribution is 7.10. The predicted molar refractivity (Wildman–Crippen MR) is 113 cm³/mol. The zero-order valence-corrected chi connectivity index (χ0v) is 16.7. The van der Waals surface area contributed by atoms with Crippen molar-refractivity contribution in [3.63, 3.8) is 0 Å². The van der Waals surface area contributed by atoms with Crippen LogP contribution in [0.25, 0.3) is 0 Å². The second-order valence-corrected chi connectivity index (χ2v) is 7.86. The molecule has 0 spiro atoms. The normalized spacial score (nSPS) is 12.3. The third-order valence-electron chi connectivity index (χ3n) is 4.78. The summed E-state index contributed by atoms with van der Waals surface area (Å²) in [4.78, 5) is 16.2. The van der Waals surface area contributed by atoms with Crippen LogP contribution in [0.3, 0.4) is 0 Å². The lowest BCUT2D eigenvalue weighted by molar-refractivity contribution is -0.121. The minimum absolute atomic E-state index is 0.0620. The lowest BCUT2D eigenvalue weighted by atomic mass is 9.88. The molecule has 0 aliphatic rings. The van der Waals surface area contributed by atoms with E-state index in [-0.39, 0.29) is 17.9 Å². The summed E-state index contributed by atoms with van der Waals surface area (Å²) in [6.07, 6.45) is 0.443. The van der Waals surface area contributed by atoms with E-state index in [1.807, 2.05) is 50.5 Å². The van der Waals surface area contributed by atoms with E-state index in [4.69, 9.17) is 0 Å². The highest BCUT2D eigenvalue weighted by Gasteiger charge is 2.20. The van der Waals surface area contributed by atoms with Gasteiger partial charge in [-0.05, 0) is 36.7 Å². The van der Waals surface area contributed by atoms with Gasteiger partial charge in [0.2, 0.25) is 5.91 Å². The average Bonchev–Trinajstić information content (AvgIpc) is 3.22. The zero-order chi connectivity index (χ0) is 19.1. The second-order valence-electron chi connectivity index (χ2n) is 6.88. The maximum absolute atomic E-state index is 12.8. The van der Waals surface area contributed by atoms with E-state index in [1.54, 1.807) is 11.3 Å². The summed E-state index contributed by atoms with van der Waals surface area (Å²) < 4.78 is 0. The molecule has 1 heterocycles. The number of likely N-dealkylation sites (N-methyl/N-ethyl adjacent to an activating group) is 1. The van der Waals surface area contributed by atoms with E-state index < -0.39 is 0 Å². The number of rotatable bonds is 8. The monoisotopic (exact) mass is 378 g/mol. The van der Waals surface area contributed by atoms with Gasteiger partial charge in [-0.1, -0.05) is 66.7 Å². The van der Waals surface area contributed by atoms with Gasteiger partial charge in [-0.25, -0.2) is 0 Å². The Hall–Kier alpha value is -2.43. The van der Waals surface area contributed by atoms with E-state index in [1.165, 1.54) is 16.0 Å². The smallest absolute Gasteiger partial charge is 0.221 e. The fourth-order valence-corrected chi connectivity index (χ4v) is 4.21. The van der Waals surface area contributed by atoms with Crippen molar-refractivity contribution in [2.75, 3.05) is 20.6 Å². The highest BCUT2D eigenvalue weighted by Crippen LogP contribution is 2.28. The van der Waals surface area contributed by atoms with Gasteiger partial charge < -0.3 is 10.2 Å². The topological polar surface area (TPSA) is 32.3 Å². The fourth-order valence-electron chi connectivity index (χ4n) is 3.29. The van der Waals surface area contributed by atoms with Crippen LogP contribution in [0.2, 0.25) is 0 Å². The van der Waals surface area contributed by atoms with Crippen molar-refractivity contribution in [3.05, 3.63) is 94.2 Å². The third kappa shape index (κ3) is 5.28. The van der Waals surface area contributed by atoms with Gasteiger partial charge in [0.15, 0.2) is 0 Å². The van der Waals surface area contributed by atoms with Crippen LogP contribution in [0.1, 0.15) is 34.4 Å². The number of benzene rings is 2. The molecule has 0 radical (unpaired) electrons. The van der Waals surface area contributed by atoms with Crippen LogP contribution in [-0.2, 0) is 4.79 Å². The minimum atomic E-state index is 0.0620. The molecule has 0 aliphatic heterocycles. The summed E-state index contributed by atoms with van der Waals surface area (Å²) >= 11 is 1.73. The van der Waals surface area contributed by atoms with Crippen LogP contribution in [0.4, 0.5) is 0 Å². The van der Waals surface area contributed by atoms with Crippen LogP contribution < -0.4 is 5.32 Å². The molecule has 1 atom stereocenters. The van der Waals surface area contributed by atoms with E-state index >= 15 is 0 Å². The first-order valence-electron chi connectivity index (χ1n) is 9.21. The summed E-state index contributed by atoms with van der Waals surface area (Å²) in [6, 6.07) is 24.9. The molecule has 3 aromatic rings. The number of thiophene rings is 1. The molecule has 3 rings (SSSR count). The number of hydrogen-bond acceptors (Lipinski definition) is 3. The maximum Gasteiger partial charge on any atom is 0.221 e. The van der Waals surface area contributed by atoms with Crippen LogP contribution in [0, 0.1) is 0 Å². The number of nitrogens with zero attached hydrogens (tertiary/aromatic N) is 1. The van der Waals surface area contributed by atoms with Gasteiger partial charge in [-0.15, -0.1) is 11.3 Å². The average molecular weight is 379 g/mol. The van der Waals surface area contributed by atoms with Gasteiger partial charge in [0.1, 0.15) is 0 Å². The highest BCUT2D eigenvalue weighted by atomic mass is 32.1. The lowest BCUT2D eigenvalue weighted by Gasteiger charge is -2.24. The molecule has 0 saturated heterocycles. The molecule has 2 aromatic carbocycles. The Balaban J connectivity index is 1.69. The first-order chi connectivity index (χ1) is 13.1. The molecule has 1 aromatic heterocycles. The number of amides is 1. The van der Waals surface area contributed by atoms with E-state index in [0.29, 0.717) is 13.0 Å². The minimum Gasteiger partial charge on any atom is -0.354 e. The molecule has 1 N–H and O–H groups in total. The van der Waals surface area contributed by atoms with Crippen molar-refractivity contribution in [1.29, 1.82) is 0 Å². The molecule has 0 bridgehead atoms. The summed E-state index contributed by atoms with van der Waals surface area (Å²) in [5, 5.41) is 5.23. The van der Waals surface area contributed by atoms with Crippen LogP contribution >= 0.6 is 11.3 Å². The Morgan fingerprint density at radius 1 is 0.926 bits per heavy atom. The molecule has 1 unspecified atom stereocenters. The maximum atomic E-state index is 12.8. The quantitative estimate of drug-likeness (QED) is 0.617. The molecular weight excluding hydrogens is 352 g/mol. The van der Waals surface area contributed by atoms with Crippen LogP contribution in [-0.4, -0.2) is 31.4 Å². The summed E-state index contributed by atoms with van der Waals surface area (Å²) in [5.41, 5.74) is 2.34. The molecular formula is C23H26N2OS. The van der Waals surface area contributed by atoms with Gasteiger partial charge in [-0.3, -0.25) is 4.79 Å². The summed E-state index contributed by atoms with van der Waals surface area (Å²) in [6.45, 7) is 0.614. The predicted octanol–water partition coefficient (Wildman–Crippen LogP) is 4.69. The standard InChI is InChI=1S/C23H26N2OS/c1-25(2)21(22-14-9-15-27-22)17-24-23(26)16-20(18-10-5-3-6-11-18)19-12-7-4-8-13-19/h3-15,20-21H,16-17H2,1-2H3,(H,24,26). The molecule has 140 valence electrons. The number of nitrogens with one attached hydrogen (secondary N) is 1. The zero-order valence-electron chi connectivity index (χ0n) is 15.8. The summed E-state index contributed by atoms with van der Waals surface area (Å²) in [5.74, 6) is 0.142. The SMILES string of the molecule is CN(C)C(CNC(=O)CC(c1ccccc1)c1ccccc1)c1cccs1. The van der Waals surface area contributed by atoms with Gasteiger partial charge >= 0.3 is 0 Å². The first kappa shape index (κ1) is 19.3. The molecule has 27 heavy (non-hydrogen) atoms. The second kappa shape index (κ2) is 9.49. The third-order valence-corrected chi connectivity index (χ3v) is 5.75. The summed E-state index contributed by atoms with van der Waals surface area (Å²) in [7, 11) is 4.10. The van der Waals surface area contributed by atoms with E-state index in [9.17, 15) is 4.79 Å². The van der Waals surface area contributed by atoms with E-state index in [0.717, 1.165) is 0 Å². The van der Waals surface area contributed by atoms with Crippen molar-refractivity contribution in [2.24, 2.45) is 0 Å². The lowest BCUT2D eigenvalue weighted by Crippen LogP contribution is -2.34. The first-order valence-corrected chi connectivity index (χ1v) is 10.1. The molecule has 1 amide bonds. The van der Waals surface area contributed by atoms with Gasteiger partial charge in [-0.2, -0.15) is 0 Å². The van der Waals surface area contributed by atoms with Crippen molar-refractivity contribution >= 4 is 17.2 Å². The molecule has 0 fully saturated rings. The van der Waals surface area contributed by atoms with Gasteiger partial charge in [0, 0.05) is 23.8 Å². The molecule has 3 nitrogen and oxygen atoms in total.